The van der Waals surface area contributed by atoms with Gasteiger partial charge in [0.25, 0.3) is 0 Å². The van der Waals surface area contributed by atoms with Gasteiger partial charge >= 0.3 is 5.97 Å². The molecule has 1 aromatic heterocycles. The van der Waals surface area contributed by atoms with Gasteiger partial charge < -0.3 is 28.5 Å². The van der Waals surface area contributed by atoms with E-state index in [1.807, 2.05) is 0 Å². The summed E-state index contributed by atoms with van der Waals surface area (Å²) in [7, 11) is 2.96. The summed E-state index contributed by atoms with van der Waals surface area (Å²) >= 11 is 0. The highest BCUT2D eigenvalue weighted by atomic mass is 16.7. The van der Waals surface area contributed by atoms with Gasteiger partial charge in [-0.25, -0.2) is 4.79 Å². The molecule has 9 nitrogen and oxygen atoms in total. The number of rotatable bonds is 8. The molecule has 1 heterocycles. The van der Waals surface area contributed by atoms with Crippen molar-refractivity contribution in [3.63, 3.8) is 0 Å². The Morgan fingerprint density at radius 3 is 2.22 bits per heavy atom. The fourth-order valence-corrected chi connectivity index (χ4v) is 4.44. The number of methoxy groups -OCH3 is 2. The summed E-state index contributed by atoms with van der Waals surface area (Å²) in [4.78, 5) is 39.4. The predicted molar refractivity (Wildman–Crippen MR) is 131 cm³/mol. The van der Waals surface area contributed by atoms with Crippen LogP contribution in [0.1, 0.15) is 49.9 Å². The average Bonchev–Trinajstić information content (AvgIpc) is 2.83. The third-order valence-electron chi connectivity index (χ3n) is 6.26. The molecule has 1 N–H and O–H groups in total. The maximum atomic E-state index is 13.7. The van der Waals surface area contributed by atoms with Crippen molar-refractivity contribution in [1.82, 2.24) is 0 Å². The van der Waals surface area contributed by atoms with Crippen LogP contribution in [0.15, 0.2) is 39.2 Å². The molecule has 0 aliphatic heterocycles. The highest BCUT2D eigenvalue weighted by Gasteiger charge is 2.30. The SMILES string of the molecule is COCOc1cc2c(cc1OCOC)C(=O)C(c1coc3cc(C)c(C)c(C(=O)O)c3c1=O)=C(C)C2. The van der Waals surface area contributed by atoms with Gasteiger partial charge in [-0.3, -0.25) is 9.59 Å². The second-order valence-corrected chi connectivity index (χ2v) is 8.57. The van der Waals surface area contributed by atoms with Gasteiger partial charge in [-0.15, -0.1) is 0 Å². The highest BCUT2D eigenvalue weighted by Crippen LogP contribution is 2.39. The van der Waals surface area contributed by atoms with Crippen molar-refractivity contribution in [2.45, 2.75) is 27.2 Å². The Bertz CT molecular complexity index is 1480. The van der Waals surface area contributed by atoms with Crippen LogP contribution in [0.25, 0.3) is 16.5 Å². The molecule has 2 aromatic carbocycles. The van der Waals surface area contributed by atoms with Crippen LogP contribution in [0.2, 0.25) is 0 Å². The predicted octanol–water partition coefficient (Wildman–Crippen LogP) is 4.29. The van der Waals surface area contributed by atoms with Crippen LogP contribution < -0.4 is 14.9 Å². The lowest BCUT2D eigenvalue weighted by molar-refractivity contribution is 0.0321. The zero-order valence-corrected chi connectivity index (χ0v) is 20.6. The van der Waals surface area contributed by atoms with E-state index in [4.69, 9.17) is 23.4 Å². The van der Waals surface area contributed by atoms with Crippen LogP contribution in [-0.2, 0) is 15.9 Å². The number of carbonyl (C=O) groups is 2. The molecule has 36 heavy (non-hydrogen) atoms. The van der Waals surface area contributed by atoms with Gasteiger partial charge in [0.2, 0.25) is 5.43 Å². The molecular weight excluding hydrogens is 468 g/mol. The third kappa shape index (κ3) is 4.27. The number of ether oxygens (including phenoxy) is 4. The van der Waals surface area contributed by atoms with E-state index in [2.05, 4.69) is 0 Å². The number of carbonyl (C=O) groups excluding carboxylic acids is 1. The molecule has 188 valence electrons. The molecule has 9 heteroatoms. The lowest BCUT2D eigenvalue weighted by Crippen LogP contribution is -2.21. The van der Waals surface area contributed by atoms with Gasteiger partial charge in [0, 0.05) is 25.4 Å². The molecule has 0 amide bonds. The quantitative estimate of drug-likeness (QED) is 0.457. The van der Waals surface area contributed by atoms with Gasteiger partial charge in [0.05, 0.1) is 16.5 Å². The zero-order valence-electron chi connectivity index (χ0n) is 20.6. The van der Waals surface area contributed by atoms with Crippen molar-refractivity contribution in [2.75, 3.05) is 27.8 Å². The van der Waals surface area contributed by atoms with Crippen molar-refractivity contribution < 1.29 is 38.1 Å². The van der Waals surface area contributed by atoms with Crippen molar-refractivity contribution in [1.29, 1.82) is 0 Å². The van der Waals surface area contributed by atoms with E-state index < -0.39 is 17.2 Å². The first-order valence-corrected chi connectivity index (χ1v) is 11.1. The van der Waals surface area contributed by atoms with E-state index in [9.17, 15) is 19.5 Å². The molecule has 0 bridgehead atoms. The summed E-state index contributed by atoms with van der Waals surface area (Å²) in [6.07, 6.45) is 1.59. The maximum absolute atomic E-state index is 13.7. The number of aryl methyl sites for hydroxylation is 1. The van der Waals surface area contributed by atoms with Crippen LogP contribution in [0, 0.1) is 13.8 Å². The molecule has 0 atom stereocenters. The lowest BCUT2D eigenvalue weighted by atomic mass is 9.82. The molecule has 0 saturated heterocycles. The van der Waals surface area contributed by atoms with Crippen molar-refractivity contribution in [2.24, 2.45) is 0 Å². The minimum absolute atomic E-state index is 0.0143. The Morgan fingerprint density at radius 1 is 0.972 bits per heavy atom. The molecule has 1 aliphatic rings. The van der Waals surface area contributed by atoms with Crippen LogP contribution in [-0.4, -0.2) is 44.7 Å². The number of ketones is 1. The topological polar surface area (TPSA) is 122 Å². The number of hydrogen-bond donors (Lipinski definition) is 1. The molecule has 0 unspecified atom stereocenters. The van der Waals surface area contributed by atoms with E-state index in [1.165, 1.54) is 20.5 Å². The van der Waals surface area contributed by atoms with Crippen LogP contribution in [0.5, 0.6) is 11.5 Å². The fourth-order valence-electron chi connectivity index (χ4n) is 4.44. The van der Waals surface area contributed by atoms with Crippen molar-refractivity contribution >= 4 is 28.3 Å². The van der Waals surface area contributed by atoms with Gasteiger partial charge in [-0.1, -0.05) is 5.57 Å². The first-order valence-electron chi connectivity index (χ1n) is 11.1. The number of carboxylic acids is 1. The zero-order chi connectivity index (χ0) is 26.1. The number of fused-ring (bicyclic) bond motifs is 2. The Balaban J connectivity index is 1.89. The number of aromatic carboxylic acids is 1. The summed E-state index contributed by atoms with van der Waals surface area (Å²) in [5, 5.41) is 9.77. The second kappa shape index (κ2) is 9.96. The number of Topliss-reactive ketones (excluding diaryl/α,β-unsaturated/α-hetero) is 1. The first kappa shape index (κ1) is 25.2. The van der Waals surface area contributed by atoms with E-state index in [0.29, 0.717) is 40.0 Å². The third-order valence-corrected chi connectivity index (χ3v) is 6.26. The highest BCUT2D eigenvalue weighted by molar-refractivity contribution is 6.31. The summed E-state index contributed by atoms with van der Waals surface area (Å²) in [6.45, 7) is 5.06. The summed E-state index contributed by atoms with van der Waals surface area (Å²) in [6, 6.07) is 4.88. The van der Waals surface area contributed by atoms with E-state index in [0.717, 1.165) is 0 Å². The smallest absolute Gasteiger partial charge is 0.336 e. The van der Waals surface area contributed by atoms with Crippen LogP contribution in [0.4, 0.5) is 0 Å². The standard InChI is InChI=1S/C27H26O9/c1-13-7-21-24(23(15(13)3)27(30)31)26(29)18(10-34-21)22-14(2)6-16-8-19(35-11-32-4)20(36-12-33-5)9-17(16)25(22)28/h7-10H,6,11-12H2,1-5H3,(H,30,31). The second-order valence-electron chi connectivity index (χ2n) is 8.57. The Morgan fingerprint density at radius 2 is 1.61 bits per heavy atom. The molecule has 0 spiro atoms. The van der Waals surface area contributed by atoms with E-state index >= 15 is 0 Å². The Hall–Kier alpha value is -3.95. The minimum Gasteiger partial charge on any atom is -0.478 e. The maximum Gasteiger partial charge on any atom is 0.336 e. The first-order chi connectivity index (χ1) is 17.2. The lowest BCUT2D eigenvalue weighted by Gasteiger charge is -2.22. The Kier molecular flexibility index (Phi) is 6.96. The Labute approximate surface area is 206 Å². The minimum atomic E-state index is -1.24. The largest absolute Gasteiger partial charge is 0.478 e. The molecule has 0 radical (unpaired) electrons. The monoisotopic (exact) mass is 494 g/mol. The number of allylic oxidation sites excluding steroid dienone is 2. The number of hydrogen-bond acceptors (Lipinski definition) is 8. The normalized spacial score (nSPS) is 13.2. The number of benzene rings is 2. The number of carboxylic acid groups (broad SMARTS) is 1. The summed E-state index contributed by atoms with van der Waals surface area (Å²) in [5.41, 5.74) is 2.47. The van der Waals surface area contributed by atoms with Gasteiger partial charge in [-0.05, 0) is 62.1 Å². The summed E-state index contributed by atoms with van der Waals surface area (Å²) in [5.74, 6) is -0.967. The van der Waals surface area contributed by atoms with Crippen molar-refractivity contribution in [3.8, 4) is 11.5 Å². The molecular formula is C27H26O9. The van der Waals surface area contributed by atoms with Gasteiger partial charge in [-0.2, -0.15) is 0 Å². The van der Waals surface area contributed by atoms with Crippen LogP contribution >= 0.6 is 0 Å². The van der Waals surface area contributed by atoms with Crippen molar-refractivity contribution in [3.05, 3.63) is 73.6 Å². The molecule has 3 aromatic rings. The average molecular weight is 494 g/mol. The van der Waals surface area contributed by atoms with E-state index in [-0.39, 0.29) is 47.0 Å². The molecule has 0 saturated carbocycles. The molecule has 0 fully saturated rings. The molecule has 4 rings (SSSR count). The van der Waals surface area contributed by atoms with E-state index in [1.54, 1.807) is 39.0 Å². The van der Waals surface area contributed by atoms with Crippen LogP contribution in [0.3, 0.4) is 0 Å². The molecule has 1 aliphatic carbocycles. The summed E-state index contributed by atoms with van der Waals surface area (Å²) < 4.78 is 26.9. The fraction of sp³-hybridized carbons (Fsp3) is 0.296. The van der Waals surface area contributed by atoms with Gasteiger partial charge in [0.1, 0.15) is 11.8 Å². The van der Waals surface area contributed by atoms with Gasteiger partial charge in [0.15, 0.2) is 30.9 Å².